The smallest absolute Gasteiger partial charge is 0.336 e. The Hall–Kier alpha value is -0.760. The normalized spacial score (nSPS) is 21.1. The summed E-state index contributed by atoms with van der Waals surface area (Å²) in [5, 5.41) is 9.10. The Morgan fingerprint density at radius 3 is 3.00 bits per heavy atom. The Balaban J connectivity index is 2.06. The number of hydrogen-bond acceptors (Lipinski definition) is 4. The molecule has 0 aromatic heterocycles. The zero-order valence-electron chi connectivity index (χ0n) is 11.8. The fraction of sp³-hybridized carbons (Fsp3) is 0.500. The number of carboxylic acid groups (broad SMARTS) is 1. The average Bonchev–Trinajstić information content (AvgIpc) is 2.47. The minimum absolute atomic E-state index is 0.0727. The summed E-state index contributed by atoms with van der Waals surface area (Å²) in [7, 11) is -1.27. The summed E-state index contributed by atoms with van der Waals surface area (Å²) in [6, 6.07) is 4.77. The zero-order valence-corrected chi connectivity index (χ0v) is 14.2. The first-order valence-corrected chi connectivity index (χ1v) is 8.87. The molecule has 1 fully saturated rings. The lowest BCUT2D eigenvalue weighted by molar-refractivity contribution is -0.0141. The van der Waals surface area contributed by atoms with E-state index in [1.54, 1.807) is 12.1 Å². The molecule has 0 spiro atoms. The summed E-state index contributed by atoms with van der Waals surface area (Å²) in [4.78, 5) is 13.9. The van der Waals surface area contributed by atoms with E-state index in [9.17, 15) is 9.00 Å². The third-order valence-electron chi connectivity index (χ3n) is 3.44. The standard InChI is InChI=1S/C14H18BrNO4S/c1-2-16-5-6-20-10(8-16)9-21(19)11-3-4-13(15)12(7-11)14(17)18/h3-4,7,10H,2,5-6,8-9H2,1H3,(H,17,18). The van der Waals surface area contributed by atoms with Gasteiger partial charge in [-0.1, -0.05) is 6.92 Å². The molecule has 0 amide bonds. The Bertz CT molecular complexity index is 552. The number of aromatic carboxylic acids is 1. The molecule has 2 unspecified atom stereocenters. The van der Waals surface area contributed by atoms with Gasteiger partial charge in [0.25, 0.3) is 0 Å². The fourth-order valence-corrected chi connectivity index (χ4v) is 3.86. The minimum Gasteiger partial charge on any atom is -0.478 e. The molecule has 2 atom stereocenters. The van der Waals surface area contributed by atoms with Gasteiger partial charge in [0.2, 0.25) is 0 Å². The number of likely N-dealkylation sites (N-methyl/N-ethyl adjacent to an activating group) is 1. The van der Waals surface area contributed by atoms with Crippen LogP contribution in [-0.4, -0.2) is 58.3 Å². The molecule has 7 heteroatoms. The molecule has 1 aliphatic heterocycles. The van der Waals surface area contributed by atoms with Gasteiger partial charge in [0, 0.05) is 22.5 Å². The summed E-state index contributed by atoms with van der Waals surface area (Å²) >= 11 is 3.18. The first-order chi connectivity index (χ1) is 10.0. The van der Waals surface area contributed by atoms with Gasteiger partial charge in [0.15, 0.2) is 0 Å². The molecule has 1 aromatic rings. The van der Waals surface area contributed by atoms with E-state index in [4.69, 9.17) is 9.84 Å². The number of ether oxygens (including phenoxy) is 1. The molecular formula is C14H18BrNO4S. The Kier molecular flexibility index (Phi) is 5.92. The van der Waals surface area contributed by atoms with Crippen molar-refractivity contribution in [2.45, 2.75) is 17.9 Å². The van der Waals surface area contributed by atoms with Crippen molar-refractivity contribution in [1.82, 2.24) is 4.90 Å². The van der Waals surface area contributed by atoms with Crippen molar-refractivity contribution in [2.75, 3.05) is 32.0 Å². The Morgan fingerprint density at radius 1 is 1.57 bits per heavy atom. The van der Waals surface area contributed by atoms with Crippen LogP contribution < -0.4 is 0 Å². The predicted octanol–water partition coefficient (Wildman–Crippen LogP) is 1.98. The number of morpholine rings is 1. The van der Waals surface area contributed by atoms with Crippen molar-refractivity contribution in [3.63, 3.8) is 0 Å². The molecule has 1 aliphatic rings. The summed E-state index contributed by atoms with van der Waals surface area (Å²) in [5.74, 6) is -0.649. The van der Waals surface area contributed by atoms with E-state index in [1.165, 1.54) is 6.07 Å². The van der Waals surface area contributed by atoms with Gasteiger partial charge in [-0.15, -0.1) is 0 Å². The molecule has 1 N–H and O–H groups in total. The van der Waals surface area contributed by atoms with Gasteiger partial charge in [-0.25, -0.2) is 4.79 Å². The van der Waals surface area contributed by atoms with Crippen molar-refractivity contribution in [1.29, 1.82) is 0 Å². The number of halogens is 1. The van der Waals surface area contributed by atoms with Gasteiger partial charge in [-0.3, -0.25) is 9.11 Å². The van der Waals surface area contributed by atoms with Gasteiger partial charge in [-0.05, 0) is 40.7 Å². The maximum Gasteiger partial charge on any atom is 0.336 e. The quantitative estimate of drug-likeness (QED) is 0.851. The third kappa shape index (κ3) is 4.35. The first-order valence-electron chi connectivity index (χ1n) is 6.76. The molecule has 0 aliphatic carbocycles. The van der Waals surface area contributed by atoms with Gasteiger partial charge in [0.05, 0.1) is 34.8 Å². The second-order valence-electron chi connectivity index (χ2n) is 4.85. The summed E-state index contributed by atoms with van der Waals surface area (Å²) in [5.41, 5.74) is 0.126. The van der Waals surface area contributed by atoms with Gasteiger partial charge >= 0.3 is 5.97 Å². The SMILES string of the molecule is CCN1CCOC(CS(=O)c2ccc(Br)c(C(=O)O)c2)C1. The van der Waals surface area contributed by atoms with Crippen molar-refractivity contribution in [3.05, 3.63) is 28.2 Å². The van der Waals surface area contributed by atoms with Crippen LogP contribution in [0.15, 0.2) is 27.6 Å². The summed E-state index contributed by atoms with van der Waals surface area (Å²) < 4.78 is 18.5. The highest BCUT2D eigenvalue weighted by Crippen LogP contribution is 2.21. The molecule has 1 aromatic carbocycles. The number of carboxylic acids is 1. The van der Waals surface area contributed by atoms with Crippen LogP contribution in [-0.2, 0) is 15.5 Å². The number of carbonyl (C=O) groups is 1. The van der Waals surface area contributed by atoms with Gasteiger partial charge in [0.1, 0.15) is 0 Å². The lowest BCUT2D eigenvalue weighted by Crippen LogP contribution is -2.44. The Morgan fingerprint density at radius 2 is 2.33 bits per heavy atom. The largest absolute Gasteiger partial charge is 0.478 e. The number of hydrogen-bond donors (Lipinski definition) is 1. The van der Waals surface area contributed by atoms with Crippen LogP contribution in [0.4, 0.5) is 0 Å². The van der Waals surface area contributed by atoms with Crippen LogP contribution in [0, 0.1) is 0 Å². The lowest BCUT2D eigenvalue weighted by atomic mass is 10.2. The minimum atomic E-state index is -1.27. The molecule has 1 heterocycles. The third-order valence-corrected chi connectivity index (χ3v) is 5.58. The molecule has 21 heavy (non-hydrogen) atoms. The molecule has 2 rings (SSSR count). The first kappa shape index (κ1) is 16.6. The van der Waals surface area contributed by atoms with Crippen molar-refractivity contribution >= 4 is 32.7 Å². The zero-order chi connectivity index (χ0) is 15.4. The number of nitrogens with zero attached hydrogens (tertiary/aromatic N) is 1. The van der Waals surface area contributed by atoms with Crippen LogP contribution in [0.25, 0.3) is 0 Å². The van der Waals surface area contributed by atoms with Crippen molar-refractivity contribution in [2.24, 2.45) is 0 Å². The van der Waals surface area contributed by atoms with E-state index in [-0.39, 0.29) is 11.7 Å². The Labute approximate surface area is 134 Å². The second kappa shape index (κ2) is 7.49. The molecule has 5 nitrogen and oxygen atoms in total. The molecular weight excluding hydrogens is 358 g/mol. The van der Waals surface area contributed by atoms with Gasteiger partial charge in [-0.2, -0.15) is 0 Å². The molecule has 0 radical (unpaired) electrons. The molecule has 1 saturated heterocycles. The monoisotopic (exact) mass is 375 g/mol. The topological polar surface area (TPSA) is 66.8 Å². The van der Waals surface area contributed by atoms with Gasteiger partial charge < -0.3 is 9.84 Å². The maximum absolute atomic E-state index is 12.4. The summed E-state index contributed by atoms with van der Waals surface area (Å²) in [6.45, 7) is 5.36. The van der Waals surface area contributed by atoms with Crippen molar-refractivity contribution < 1.29 is 18.8 Å². The van der Waals surface area contributed by atoms with Crippen LogP contribution in [0.5, 0.6) is 0 Å². The van der Waals surface area contributed by atoms with E-state index >= 15 is 0 Å². The maximum atomic E-state index is 12.4. The highest BCUT2D eigenvalue weighted by Gasteiger charge is 2.22. The lowest BCUT2D eigenvalue weighted by Gasteiger charge is -2.31. The number of rotatable bonds is 5. The summed E-state index contributed by atoms with van der Waals surface area (Å²) in [6.07, 6.45) is -0.0727. The fourth-order valence-electron chi connectivity index (χ4n) is 2.24. The van der Waals surface area contributed by atoms with Crippen molar-refractivity contribution in [3.8, 4) is 0 Å². The molecule has 0 bridgehead atoms. The molecule has 0 saturated carbocycles. The average molecular weight is 376 g/mol. The van der Waals surface area contributed by atoms with Crippen LogP contribution in [0.3, 0.4) is 0 Å². The highest BCUT2D eigenvalue weighted by atomic mass is 79.9. The molecule has 116 valence electrons. The van der Waals surface area contributed by atoms with Crippen LogP contribution >= 0.6 is 15.9 Å². The second-order valence-corrected chi connectivity index (χ2v) is 7.20. The van der Waals surface area contributed by atoms with E-state index in [2.05, 4.69) is 27.8 Å². The highest BCUT2D eigenvalue weighted by molar-refractivity contribution is 9.10. The van der Waals surface area contributed by atoms with E-state index in [0.717, 1.165) is 19.6 Å². The number of benzene rings is 1. The van der Waals surface area contributed by atoms with Crippen LogP contribution in [0.1, 0.15) is 17.3 Å². The predicted molar refractivity (Wildman–Crippen MR) is 84.2 cm³/mol. The van der Waals surface area contributed by atoms with Crippen LogP contribution in [0.2, 0.25) is 0 Å². The van der Waals surface area contributed by atoms with E-state index < -0.39 is 16.8 Å². The van der Waals surface area contributed by atoms with E-state index in [1.807, 2.05) is 0 Å². The van der Waals surface area contributed by atoms with E-state index in [0.29, 0.717) is 21.7 Å².